The molecule has 8 nitrogen and oxygen atoms in total. The van der Waals surface area contributed by atoms with Crippen LogP contribution in [-0.2, 0) is 20.0 Å². The zero-order chi connectivity index (χ0) is 22.1. The first kappa shape index (κ1) is 22.7. The van der Waals surface area contributed by atoms with Crippen LogP contribution in [0.1, 0.15) is 28.8 Å². The van der Waals surface area contributed by atoms with Crippen LogP contribution < -0.4 is 4.72 Å². The molecule has 1 aliphatic rings. The molecule has 1 aliphatic heterocycles. The van der Waals surface area contributed by atoms with Crippen LogP contribution in [0.25, 0.3) is 0 Å². The zero-order valence-electron chi connectivity index (χ0n) is 16.1. The molecule has 0 amide bonds. The molecule has 162 valence electrons. The molecular formula is C19H21ClN2O6S2. The number of benzene rings is 2. The van der Waals surface area contributed by atoms with E-state index in [9.17, 15) is 26.7 Å². The average Bonchev–Trinajstić information content (AvgIpc) is 2.68. The van der Waals surface area contributed by atoms with Crippen LogP contribution in [0.4, 0.5) is 0 Å². The second-order valence-corrected chi connectivity index (χ2v) is 11.1. The molecule has 1 heterocycles. The number of nitrogens with one attached hydrogen (secondary N) is 1. The van der Waals surface area contributed by atoms with E-state index in [2.05, 4.69) is 4.72 Å². The van der Waals surface area contributed by atoms with Gasteiger partial charge in [0.1, 0.15) is 0 Å². The lowest BCUT2D eigenvalue weighted by Crippen LogP contribution is -2.46. The maximum Gasteiger partial charge on any atom is 0.337 e. The van der Waals surface area contributed by atoms with Crippen LogP contribution in [0.3, 0.4) is 0 Å². The van der Waals surface area contributed by atoms with Gasteiger partial charge in [-0.1, -0.05) is 29.3 Å². The van der Waals surface area contributed by atoms with Crippen molar-refractivity contribution < 1.29 is 26.7 Å². The Balaban J connectivity index is 1.71. The molecule has 2 N–H and O–H groups in total. The highest BCUT2D eigenvalue weighted by molar-refractivity contribution is 7.89. The number of piperidine rings is 1. The third kappa shape index (κ3) is 4.84. The van der Waals surface area contributed by atoms with Crippen molar-refractivity contribution in [3.63, 3.8) is 0 Å². The average molecular weight is 473 g/mol. The number of nitrogens with zero attached hydrogens (tertiary/aromatic N) is 1. The lowest BCUT2D eigenvalue weighted by Gasteiger charge is -2.31. The number of aromatic carboxylic acids is 1. The number of hydrogen-bond donors (Lipinski definition) is 2. The van der Waals surface area contributed by atoms with Gasteiger partial charge in [-0.2, -0.15) is 4.31 Å². The van der Waals surface area contributed by atoms with Gasteiger partial charge in [-0.3, -0.25) is 0 Å². The van der Waals surface area contributed by atoms with Crippen LogP contribution in [0, 0.1) is 6.92 Å². The quantitative estimate of drug-likeness (QED) is 0.666. The Morgan fingerprint density at radius 1 is 1.07 bits per heavy atom. The van der Waals surface area contributed by atoms with Crippen molar-refractivity contribution in [3.05, 3.63) is 58.6 Å². The Hall–Kier alpha value is -1.98. The standard InChI is InChI=1S/C19H21ClN2O6S2/c1-13-2-5-16(6-3-13)30(27,28)22-10-8-15(9-11-22)21-29(25,26)18-7-4-14(20)12-17(18)19(23)24/h2-7,12,15,21H,8-11H2,1H3,(H,23,24). The molecule has 2 aromatic rings. The fourth-order valence-corrected chi connectivity index (χ4v) is 6.39. The first-order valence-electron chi connectivity index (χ1n) is 9.13. The van der Waals surface area contributed by atoms with Gasteiger partial charge in [-0.25, -0.2) is 26.4 Å². The minimum Gasteiger partial charge on any atom is -0.478 e. The number of sulfonamides is 2. The second-order valence-electron chi connectivity index (χ2n) is 7.06. The smallest absolute Gasteiger partial charge is 0.337 e. The molecular weight excluding hydrogens is 452 g/mol. The van der Waals surface area contributed by atoms with Gasteiger partial charge in [0.05, 0.1) is 15.4 Å². The summed E-state index contributed by atoms with van der Waals surface area (Å²) in [6, 6.07) is 9.55. The molecule has 0 saturated carbocycles. The van der Waals surface area contributed by atoms with Gasteiger partial charge in [0.2, 0.25) is 20.0 Å². The van der Waals surface area contributed by atoms with Gasteiger partial charge in [-0.05, 0) is 50.1 Å². The zero-order valence-corrected chi connectivity index (χ0v) is 18.5. The predicted molar refractivity (Wildman–Crippen MR) is 112 cm³/mol. The largest absolute Gasteiger partial charge is 0.478 e. The summed E-state index contributed by atoms with van der Waals surface area (Å²) in [5.41, 5.74) is 0.527. The summed E-state index contributed by atoms with van der Waals surface area (Å²) in [7, 11) is -7.78. The van der Waals surface area contributed by atoms with Crippen LogP contribution in [0.15, 0.2) is 52.3 Å². The SMILES string of the molecule is Cc1ccc(S(=O)(=O)N2CCC(NS(=O)(=O)c3ccc(Cl)cc3C(=O)O)CC2)cc1. The normalized spacial score (nSPS) is 16.5. The molecule has 0 unspecified atom stereocenters. The molecule has 0 aliphatic carbocycles. The summed E-state index contributed by atoms with van der Waals surface area (Å²) in [5.74, 6) is -1.41. The highest BCUT2D eigenvalue weighted by Crippen LogP contribution is 2.24. The van der Waals surface area contributed by atoms with Crippen molar-refractivity contribution in [3.8, 4) is 0 Å². The summed E-state index contributed by atoms with van der Waals surface area (Å²) in [4.78, 5) is 11.2. The van der Waals surface area contributed by atoms with E-state index in [-0.39, 0.29) is 40.7 Å². The minimum atomic E-state index is -4.12. The van der Waals surface area contributed by atoms with Gasteiger partial charge >= 0.3 is 5.97 Å². The maximum atomic E-state index is 12.8. The number of halogens is 1. The molecule has 0 aromatic heterocycles. The third-order valence-electron chi connectivity index (χ3n) is 4.90. The molecule has 0 atom stereocenters. The van der Waals surface area contributed by atoms with Crippen molar-refractivity contribution in [1.29, 1.82) is 0 Å². The van der Waals surface area contributed by atoms with Crippen molar-refractivity contribution in [2.45, 2.75) is 35.6 Å². The fraction of sp³-hybridized carbons (Fsp3) is 0.316. The molecule has 1 saturated heterocycles. The lowest BCUT2D eigenvalue weighted by molar-refractivity contribution is 0.0692. The first-order chi connectivity index (χ1) is 14.0. The number of carboxylic acid groups (broad SMARTS) is 1. The molecule has 11 heteroatoms. The maximum absolute atomic E-state index is 12.8. The van der Waals surface area contributed by atoms with Gasteiger partial charge < -0.3 is 5.11 Å². The number of hydrogen-bond acceptors (Lipinski definition) is 5. The van der Waals surface area contributed by atoms with Crippen LogP contribution in [0.5, 0.6) is 0 Å². The van der Waals surface area contributed by atoms with E-state index >= 15 is 0 Å². The summed E-state index contributed by atoms with van der Waals surface area (Å²) in [6.45, 7) is 2.16. The van der Waals surface area contributed by atoms with E-state index in [0.29, 0.717) is 0 Å². The Morgan fingerprint density at radius 3 is 2.23 bits per heavy atom. The van der Waals surface area contributed by atoms with Crippen LogP contribution >= 0.6 is 11.6 Å². The van der Waals surface area contributed by atoms with E-state index in [1.165, 1.54) is 10.4 Å². The van der Waals surface area contributed by atoms with Crippen molar-refractivity contribution >= 4 is 37.6 Å². The Bertz CT molecular complexity index is 1160. The molecule has 1 fully saturated rings. The van der Waals surface area contributed by atoms with Gasteiger partial charge in [0.15, 0.2) is 0 Å². The van der Waals surface area contributed by atoms with Crippen molar-refractivity contribution in [2.75, 3.05) is 13.1 Å². The number of carboxylic acids is 1. The molecule has 0 bridgehead atoms. The molecule has 0 spiro atoms. The molecule has 30 heavy (non-hydrogen) atoms. The van der Waals surface area contributed by atoms with Gasteiger partial charge in [0.25, 0.3) is 0 Å². The van der Waals surface area contributed by atoms with Crippen LogP contribution in [-0.4, -0.2) is 51.3 Å². The van der Waals surface area contributed by atoms with E-state index in [0.717, 1.165) is 17.7 Å². The summed E-state index contributed by atoms with van der Waals surface area (Å²) >= 11 is 5.78. The third-order valence-corrected chi connectivity index (χ3v) is 8.62. The van der Waals surface area contributed by atoms with Gasteiger partial charge in [0, 0.05) is 24.2 Å². The first-order valence-corrected chi connectivity index (χ1v) is 12.4. The lowest BCUT2D eigenvalue weighted by atomic mass is 10.1. The molecule has 3 rings (SSSR count). The summed E-state index contributed by atoms with van der Waals surface area (Å²) in [6.07, 6.45) is 0.528. The van der Waals surface area contributed by atoms with E-state index in [1.807, 2.05) is 6.92 Å². The van der Waals surface area contributed by atoms with Gasteiger partial charge in [-0.15, -0.1) is 0 Å². The fourth-order valence-electron chi connectivity index (χ4n) is 3.26. The topological polar surface area (TPSA) is 121 Å². The van der Waals surface area contributed by atoms with E-state index in [4.69, 9.17) is 11.6 Å². The van der Waals surface area contributed by atoms with E-state index in [1.54, 1.807) is 24.3 Å². The Morgan fingerprint density at radius 2 is 1.67 bits per heavy atom. The Kier molecular flexibility index (Phi) is 6.54. The van der Waals surface area contributed by atoms with Crippen molar-refractivity contribution in [1.82, 2.24) is 9.03 Å². The number of rotatable bonds is 6. The minimum absolute atomic E-state index is 0.112. The van der Waals surface area contributed by atoms with Crippen LogP contribution in [0.2, 0.25) is 5.02 Å². The molecule has 0 radical (unpaired) electrons. The number of aryl methyl sites for hydroxylation is 1. The van der Waals surface area contributed by atoms with Crippen molar-refractivity contribution in [2.24, 2.45) is 0 Å². The predicted octanol–water partition coefficient (Wildman–Crippen LogP) is 2.48. The Labute approximate surface area is 180 Å². The summed E-state index contributed by atoms with van der Waals surface area (Å²) in [5, 5.41) is 9.40. The monoisotopic (exact) mass is 472 g/mol. The highest BCUT2D eigenvalue weighted by Gasteiger charge is 2.32. The number of carbonyl (C=O) groups is 1. The molecule has 2 aromatic carbocycles. The highest BCUT2D eigenvalue weighted by atomic mass is 35.5. The second kappa shape index (κ2) is 8.64. The van der Waals surface area contributed by atoms with E-state index < -0.39 is 37.6 Å². The summed E-state index contributed by atoms with van der Waals surface area (Å²) < 4.78 is 54.8.